The first-order valence-electron chi connectivity index (χ1n) is 7.17. The zero-order valence-corrected chi connectivity index (χ0v) is 11.9. The highest BCUT2D eigenvalue weighted by molar-refractivity contribution is 5.49. The lowest BCUT2D eigenvalue weighted by atomic mass is 10.1. The molecule has 3 heteroatoms. The van der Waals surface area contributed by atoms with Crippen molar-refractivity contribution >= 4 is 5.69 Å². The van der Waals surface area contributed by atoms with E-state index in [9.17, 15) is 0 Å². The van der Waals surface area contributed by atoms with Crippen molar-refractivity contribution in [2.75, 3.05) is 24.5 Å². The maximum atomic E-state index is 9.02. The highest BCUT2D eigenvalue weighted by atomic mass is 15.2. The molecular formula is C16H23N3. The topological polar surface area (TPSA) is 39.1 Å². The van der Waals surface area contributed by atoms with E-state index < -0.39 is 0 Å². The summed E-state index contributed by atoms with van der Waals surface area (Å²) in [5.41, 5.74) is 2.61. The molecule has 2 unspecified atom stereocenters. The summed E-state index contributed by atoms with van der Waals surface area (Å²) in [5, 5.41) is 12.5. The lowest BCUT2D eigenvalue weighted by molar-refractivity contribution is 0.563. The highest BCUT2D eigenvalue weighted by Gasteiger charge is 2.23. The molecule has 0 radical (unpaired) electrons. The fourth-order valence-electron chi connectivity index (χ4n) is 2.68. The van der Waals surface area contributed by atoms with Gasteiger partial charge in [-0.1, -0.05) is 26.0 Å². The summed E-state index contributed by atoms with van der Waals surface area (Å²) < 4.78 is 0. The van der Waals surface area contributed by atoms with E-state index in [0.717, 1.165) is 26.1 Å². The van der Waals surface area contributed by atoms with Gasteiger partial charge in [0, 0.05) is 18.8 Å². The van der Waals surface area contributed by atoms with Crippen molar-refractivity contribution in [2.24, 2.45) is 5.92 Å². The molecule has 2 atom stereocenters. The normalized spacial score (nSPS) is 23.7. The number of anilines is 1. The molecule has 1 fully saturated rings. The van der Waals surface area contributed by atoms with Crippen LogP contribution in [0, 0.1) is 17.2 Å². The fourth-order valence-corrected chi connectivity index (χ4v) is 2.68. The van der Waals surface area contributed by atoms with E-state index >= 15 is 0 Å². The van der Waals surface area contributed by atoms with E-state index in [1.54, 1.807) is 0 Å². The van der Waals surface area contributed by atoms with Gasteiger partial charge in [-0.3, -0.25) is 0 Å². The monoisotopic (exact) mass is 257 g/mol. The number of nitrogens with one attached hydrogen (secondary N) is 1. The fraction of sp³-hybridized carbons (Fsp3) is 0.562. The largest absolute Gasteiger partial charge is 0.366 e. The Labute approximate surface area is 116 Å². The van der Waals surface area contributed by atoms with Crippen molar-refractivity contribution in [1.29, 1.82) is 5.26 Å². The second-order valence-corrected chi connectivity index (χ2v) is 5.45. The first-order valence-corrected chi connectivity index (χ1v) is 7.17. The van der Waals surface area contributed by atoms with Gasteiger partial charge in [-0.2, -0.15) is 5.26 Å². The van der Waals surface area contributed by atoms with Crippen molar-refractivity contribution in [2.45, 2.75) is 32.7 Å². The van der Waals surface area contributed by atoms with Gasteiger partial charge in [-0.15, -0.1) is 0 Å². The summed E-state index contributed by atoms with van der Waals surface area (Å²) in [7, 11) is 0. The molecule has 1 heterocycles. The van der Waals surface area contributed by atoms with Crippen LogP contribution in [0.1, 0.15) is 25.8 Å². The number of hydrogen-bond donors (Lipinski definition) is 1. The third-order valence-corrected chi connectivity index (χ3v) is 3.83. The van der Waals surface area contributed by atoms with Crippen LogP contribution in [0.5, 0.6) is 0 Å². The van der Waals surface area contributed by atoms with Gasteiger partial charge < -0.3 is 10.2 Å². The zero-order valence-electron chi connectivity index (χ0n) is 11.9. The molecule has 3 nitrogen and oxygen atoms in total. The molecule has 0 bridgehead atoms. The average molecular weight is 257 g/mol. The minimum atomic E-state index is 0.280. The molecule has 0 aliphatic carbocycles. The summed E-state index contributed by atoms with van der Waals surface area (Å²) in [6, 6.07) is 11.4. The van der Waals surface area contributed by atoms with Crippen molar-refractivity contribution in [3.63, 3.8) is 0 Å². The quantitative estimate of drug-likeness (QED) is 0.904. The first-order chi connectivity index (χ1) is 9.24. The molecule has 0 saturated carbocycles. The van der Waals surface area contributed by atoms with Crippen LogP contribution < -0.4 is 10.2 Å². The molecule has 19 heavy (non-hydrogen) atoms. The maximum Gasteiger partial charge on any atom is 0.0643 e. The van der Waals surface area contributed by atoms with Crippen LogP contribution in [-0.4, -0.2) is 25.7 Å². The molecule has 1 N–H and O–H groups in total. The minimum Gasteiger partial charge on any atom is -0.366 e. The molecule has 1 aliphatic heterocycles. The Morgan fingerprint density at radius 1 is 1.32 bits per heavy atom. The number of nitriles is 1. The van der Waals surface area contributed by atoms with E-state index in [-0.39, 0.29) is 6.04 Å². The Balaban J connectivity index is 2.22. The van der Waals surface area contributed by atoms with Gasteiger partial charge in [-0.25, -0.2) is 0 Å². The van der Waals surface area contributed by atoms with Crippen LogP contribution in [0.4, 0.5) is 5.69 Å². The number of aryl methyl sites for hydroxylation is 1. The minimum absolute atomic E-state index is 0.280. The highest BCUT2D eigenvalue weighted by Crippen LogP contribution is 2.22. The lowest BCUT2D eigenvalue weighted by Gasteiger charge is -2.31. The molecule has 2 rings (SSSR count). The smallest absolute Gasteiger partial charge is 0.0643 e. The standard InChI is InChI=1S/C16H23N3/c1-3-14-4-6-15(7-5-14)19-12-13(2)10-18-11-16(19)8-9-17/h4-7,13,16,18H,3,8,10-12H2,1-2H3. The van der Waals surface area contributed by atoms with Crippen LogP contribution in [0.25, 0.3) is 0 Å². The molecule has 0 aromatic heterocycles. The molecule has 1 aromatic carbocycles. The average Bonchev–Trinajstić information content (AvgIpc) is 2.61. The second-order valence-electron chi connectivity index (χ2n) is 5.45. The Bertz CT molecular complexity index is 432. The Kier molecular flexibility index (Phi) is 4.81. The summed E-state index contributed by atoms with van der Waals surface area (Å²) in [6.45, 7) is 7.38. The van der Waals surface area contributed by atoms with Gasteiger partial charge in [-0.05, 0) is 36.6 Å². The number of rotatable bonds is 3. The molecule has 1 aliphatic rings. The lowest BCUT2D eigenvalue weighted by Crippen LogP contribution is -2.40. The Hall–Kier alpha value is -1.53. The van der Waals surface area contributed by atoms with E-state index in [1.807, 2.05) is 0 Å². The Morgan fingerprint density at radius 2 is 2.05 bits per heavy atom. The predicted octanol–water partition coefficient (Wildman–Crippen LogP) is 2.58. The van der Waals surface area contributed by atoms with Gasteiger partial charge in [0.2, 0.25) is 0 Å². The van der Waals surface area contributed by atoms with Gasteiger partial charge in [0.05, 0.1) is 18.5 Å². The van der Waals surface area contributed by atoms with E-state index in [0.29, 0.717) is 12.3 Å². The summed E-state index contributed by atoms with van der Waals surface area (Å²) in [4.78, 5) is 2.40. The van der Waals surface area contributed by atoms with Gasteiger partial charge in [0.1, 0.15) is 0 Å². The first kappa shape index (κ1) is 13.9. The van der Waals surface area contributed by atoms with Crippen LogP contribution in [0.2, 0.25) is 0 Å². The number of nitrogens with zero attached hydrogens (tertiary/aromatic N) is 2. The van der Waals surface area contributed by atoms with E-state index in [2.05, 4.69) is 54.4 Å². The van der Waals surface area contributed by atoms with E-state index in [4.69, 9.17) is 5.26 Å². The van der Waals surface area contributed by atoms with Gasteiger partial charge in [0.15, 0.2) is 0 Å². The van der Waals surface area contributed by atoms with Gasteiger partial charge >= 0.3 is 0 Å². The van der Waals surface area contributed by atoms with Crippen LogP contribution in [0.15, 0.2) is 24.3 Å². The van der Waals surface area contributed by atoms with Crippen molar-refractivity contribution < 1.29 is 0 Å². The zero-order chi connectivity index (χ0) is 13.7. The molecule has 1 aromatic rings. The van der Waals surface area contributed by atoms with Crippen molar-refractivity contribution in [3.8, 4) is 6.07 Å². The summed E-state index contributed by atoms with van der Waals surface area (Å²) >= 11 is 0. The van der Waals surface area contributed by atoms with Crippen molar-refractivity contribution in [1.82, 2.24) is 5.32 Å². The molecule has 0 amide bonds. The second kappa shape index (κ2) is 6.58. The molecule has 0 spiro atoms. The number of benzene rings is 1. The predicted molar refractivity (Wildman–Crippen MR) is 79.2 cm³/mol. The SMILES string of the molecule is CCc1ccc(N2CC(C)CNCC2CC#N)cc1. The van der Waals surface area contributed by atoms with Gasteiger partial charge in [0.25, 0.3) is 0 Å². The Morgan fingerprint density at radius 3 is 2.68 bits per heavy atom. The third kappa shape index (κ3) is 3.48. The summed E-state index contributed by atoms with van der Waals surface area (Å²) in [6.07, 6.45) is 1.65. The number of hydrogen-bond acceptors (Lipinski definition) is 3. The summed E-state index contributed by atoms with van der Waals surface area (Å²) in [5.74, 6) is 0.606. The molecular weight excluding hydrogens is 234 g/mol. The van der Waals surface area contributed by atoms with Crippen LogP contribution in [-0.2, 0) is 6.42 Å². The van der Waals surface area contributed by atoms with Crippen molar-refractivity contribution in [3.05, 3.63) is 29.8 Å². The van der Waals surface area contributed by atoms with Crippen LogP contribution in [0.3, 0.4) is 0 Å². The third-order valence-electron chi connectivity index (χ3n) is 3.83. The molecule has 1 saturated heterocycles. The van der Waals surface area contributed by atoms with E-state index in [1.165, 1.54) is 11.3 Å². The molecule has 102 valence electrons. The van der Waals surface area contributed by atoms with Crippen LogP contribution >= 0.6 is 0 Å². The maximum absolute atomic E-state index is 9.02.